The van der Waals surface area contributed by atoms with Crippen LogP contribution in [-0.4, -0.2) is 38.2 Å². The zero-order valence-corrected chi connectivity index (χ0v) is 10.7. The molecule has 1 aromatic heterocycles. The highest BCUT2D eigenvalue weighted by molar-refractivity contribution is 6.08. The first-order valence-electron chi connectivity index (χ1n) is 6.11. The number of para-hydroxylation sites is 1. The van der Waals surface area contributed by atoms with Gasteiger partial charge in [-0.2, -0.15) is 0 Å². The number of aromatic amines is 1. The van der Waals surface area contributed by atoms with E-state index >= 15 is 0 Å². The Kier molecular flexibility index (Phi) is 2.74. The molecule has 0 aliphatic carbocycles. The second-order valence-corrected chi connectivity index (χ2v) is 4.61. The smallest absolute Gasteiger partial charge is 0.327 e. The Balaban J connectivity index is 2.04. The number of aryl methyl sites for hydroxylation is 1. The summed E-state index contributed by atoms with van der Waals surface area (Å²) >= 11 is 0. The van der Waals surface area contributed by atoms with Gasteiger partial charge in [-0.3, -0.25) is 14.8 Å². The van der Waals surface area contributed by atoms with E-state index in [9.17, 15) is 14.7 Å². The van der Waals surface area contributed by atoms with Crippen molar-refractivity contribution in [2.45, 2.75) is 19.4 Å². The molecule has 102 valence electrons. The van der Waals surface area contributed by atoms with Crippen LogP contribution in [0.2, 0.25) is 0 Å². The van der Waals surface area contributed by atoms with E-state index in [2.05, 4.69) is 15.2 Å². The van der Waals surface area contributed by atoms with E-state index in [1.807, 2.05) is 12.1 Å². The van der Waals surface area contributed by atoms with Crippen LogP contribution in [0.4, 0.5) is 5.69 Å². The molecule has 1 aliphatic rings. The largest absolute Gasteiger partial charge is 0.480 e. The molecule has 2 N–H and O–H groups in total. The third-order valence-electron chi connectivity index (χ3n) is 3.27. The number of fused-ring (bicyclic) bond motifs is 1. The summed E-state index contributed by atoms with van der Waals surface area (Å²) in [7, 11) is 0. The molecule has 1 aliphatic heterocycles. The number of carbonyl (C=O) groups excluding carboxylic acids is 1. The molecule has 3 rings (SSSR count). The number of carbonyl (C=O) groups is 2. The van der Waals surface area contributed by atoms with Crippen molar-refractivity contribution < 1.29 is 14.7 Å². The predicted octanol–water partition coefficient (Wildman–Crippen LogP) is 0.769. The third-order valence-corrected chi connectivity index (χ3v) is 3.27. The Morgan fingerprint density at radius 2 is 2.15 bits per heavy atom. The highest BCUT2D eigenvalue weighted by atomic mass is 16.4. The molecule has 1 unspecified atom stereocenters. The molecule has 2 heterocycles. The van der Waals surface area contributed by atoms with Crippen LogP contribution in [-0.2, 0) is 11.2 Å². The van der Waals surface area contributed by atoms with E-state index < -0.39 is 17.9 Å². The number of carboxylic acid groups (broad SMARTS) is 1. The van der Waals surface area contributed by atoms with Gasteiger partial charge in [-0.25, -0.2) is 9.78 Å². The summed E-state index contributed by atoms with van der Waals surface area (Å²) in [6.45, 7) is 1.68. The maximum absolute atomic E-state index is 12.5. The van der Waals surface area contributed by atoms with Crippen LogP contribution in [0.3, 0.4) is 0 Å². The number of carboxylic acids is 1. The number of benzene rings is 1. The summed E-state index contributed by atoms with van der Waals surface area (Å²) in [6.07, 6.45) is 0.292. The van der Waals surface area contributed by atoms with E-state index in [1.54, 1.807) is 19.1 Å². The summed E-state index contributed by atoms with van der Waals surface area (Å²) in [6, 6.07) is 6.23. The van der Waals surface area contributed by atoms with Gasteiger partial charge < -0.3 is 5.11 Å². The number of nitrogens with zero attached hydrogens (tertiary/aromatic N) is 3. The standard InChI is InChI=1S/C13H12N4O3/c1-7-14-11(16-15-7)12(18)17-9-5-3-2-4-8(9)6-10(17)13(19)20/h2-5,10H,6H2,1H3,(H,19,20)(H,14,15,16). The molecule has 0 saturated carbocycles. The molecular formula is C13H12N4O3. The van der Waals surface area contributed by atoms with E-state index in [-0.39, 0.29) is 5.82 Å². The first-order valence-corrected chi connectivity index (χ1v) is 6.11. The molecule has 1 atom stereocenters. The van der Waals surface area contributed by atoms with Gasteiger partial charge in [0.25, 0.3) is 5.91 Å². The Bertz CT molecular complexity index is 694. The van der Waals surface area contributed by atoms with Crippen LogP contribution in [0.5, 0.6) is 0 Å². The average Bonchev–Trinajstić information content (AvgIpc) is 3.01. The molecule has 0 spiro atoms. The second kappa shape index (κ2) is 4.44. The molecule has 1 aromatic carbocycles. The van der Waals surface area contributed by atoms with Crippen LogP contribution >= 0.6 is 0 Å². The minimum Gasteiger partial charge on any atom is -0.480 e. The minimum absolute atomic E-state index is 0.0227. The molecule has 20 heavy (non-hydrogen) atoms. The van der Waals surface area contributed by atoms with E-state index in [1.165, 1.54) is 4.90 Å². The number of anilines is 1. The summed E-state index contributed by atoms with van der Waals surface area (Å²) in [5.41, 5.74) is 1.44. The van der Waals surface area contributed by atoms with Crippen molar-refractivity contribution in [3.8, 4) is 0 Å². The zero-order valence-electron chi connectivity index (χ0n) is 10.7. The maximum Gasteiger partial charge on any atom is 0.327 e. The quantitative estimate of drug-likeness (QED) is 0.841. The Morgan fingerprint density at radius 1 is 1.40 bits per heavy atom. The molecule has 7 heteroatoms. The van der Waals surface area contributed by atoms with Gasteiger partial charge in [-0.1, -0.05) is 18.2 Å². The zero-order chi connectivity index (χ0) is 14.3. The van der Waals surface area contributed by atoms with Crippen LogP contribution < -0.4 is 4.90 Å². The maximum atomic E-state index is 12.5. The van der Waals surface area contributed by atoms with Crippen molar-refractivity contribution in [2.24, 2.45) is 0 Å². The molecule has 2 aromatic rings. The lowest BCUT2D eigenvalue weighted by atomic mass is 10.1. The number of hydrogen-bond acceptors (Lipinski definition) is 4. The number of H-pyrrole nitrogens is 1. The monoisotopic (exact) mass is 272 g/mol. The van der Waals surface area contributed by atoms with Gasteiger partial charge in [0.2, 0.25) is 5.82 Å². The fraction of sp³-hybridized carbons (Fsp3) is 0.231. The fourth-order valence-electron chi connectivity index (χ4n) is 2.38. The Labute approximate surface area is 114 Å². The molecule has 0 fully saturated rings. The van der Waals surface area contributed by atoms with Gasteiger partial charge in [0.1, 0.15) is 11.9 Å². The molecule has 0 saturated heterocycles. The average molecular weight is 272 g/mol. The Morgan fingerprint density at radius 3 is 2.80 bits per heavy atom. The van der Waals surface area contributed by atoms with Crippen LogP contribution in [0.25, 0.3) is 0 Å². The van der Waals surface area contributed by atoms with Crippen molar-refractivity contribution in [1.29, 1.82) is 0 Å². The van der Waals surface area contributed by atoms with Crippen molar-refractivity contribution >= 4 is 17.6 Å². The number of rotatable bonds is 2. The highest BCUT2D eigenvalue weighted by Gasteiger charge is 2.39. The van der Waals surface area contributed by atoms with Gasteiger partial charge in [0, 0.05) is 12.1 Å². The molecule has 7 nitrogen and oxygen atoms in total. The van der Waals surface area contributed by atoms with Crippen LogP contribution in [0.15, 0.2) is 24.3 Å². The van der Waals surface area contributed by atoms with Gasteiger partial charge in [0.05, 0.1) is 0 Å². The fourth-order valence-corrected chi connectivity index (χ4v) is 2.38. The van der Waals surface area contributed by atoms with E-state index in [0.717, 1.165) is 5.56 Å². The molecule has 0 radical (unpaired) electrons. The summed E-state index contributed by atoms with van der Waals surface area (Å²) in [4.78, 5) is 29.1. The lowest BCUT2D eigenvalue weighted by Crippen LogP contribution is -2.43. The van der Waals surface area contributed by atoms with Crippen molar-refractivity contribution in [1.82, 2.24) is 15.2 Å². The van der Waals surface area contributed by atoms with Crippen molar-refractivity contribution in [2.75, 3.05) is 4.90 Å². The number of aromatic nitrogens is 3. The highest BCUT2D eigenvalue weighted by Crippen LogP contribution is 2.32. The normalized spacial score (nSPS) is 17.1. The van der Waals surface area contributed by atoms with Crippen LogP contribution in [0.1, 0.15) is 22.0 Å². The van der Waals surface area contributed by atoms with E-state index in [0.29, 0.717) is 17.9 Å². The summed E-state index contributed by atoms with van der Waals surface area (Å²) < 4.78 is 0. The third kappa shape index (κ3) is 1.83. The summed E-state index contributed by atoms with van der Waals surface area (Å²) in [5.74, 6) is -1.06. The molecule has 0 bridgehead atoms. The molecule has 1 amide bonds. The van der Waals surface area contributed by atoms with Crippen LogP contribution in [0, 0.1) is 6.92 Å². The lowest BCUT2D eigenvalue weighted by molar-refractivity contribution is -0.138. The number of amides is 1. The number of nitrogens with one attached hydrogen (secondary N) is 1. The predicted molar refractivity (Wildman–Crippen MR) is 69.5 cm³/mol. The summed E-state index contributed by atoms with van der Waals surface area (Å²) in [5, 5.41) is 15.7. The topological polar surface area (TPSA) is 99.2 Å². The van der Waals surface area contributed by atoms with Gasteiger partial charge in [0.15, 0.2) is 0 Å². The first-order chi connectivity index (χ1) is 9.58. The van der Waals surface area contributed by atoms with Gasteiger partial charge in [-0.05, 0) is 18.6 Å². The first kappa shape index (κ1) is 12.3. The van der Waals surface area contributed by atoms with Crippen molar-refractivity contribution in [3.05, 3.63) is 41.5 Å². The van der Waals surface area contributed by atoms with Crippen molar-refractivity contribution in [3.63, 3.8) is 0 Å². The second-order valence-electron chi connectivity index (χ2n) is 4.61. The molecular weight excluding hydrogens is 260 g/mol. The van der Waals surface area contributed by atoms with Gasteiger partial charge in [-0.15, -0.1) is 5.10 Å². The lowest BCUT2D eigenvalue weighted by Gasteiger charge is -2.20. The van der Waals surface area contributed by atoms with E-state index in [4.69, 9.17) is 0 Å². The SMILES string of the molecule is Cc1nc(C(=O)N2c3ccccc3CC2C(=O)O)n[nH]1. The Hall–Kier alpha value is -2.70. The number of hydrogen-bond donors (Lipinski definition) is 2. The minimum atomic E-state index is -1.04. The van der Waals surface area contributed by atoms with Gasteiger partial charge >= 0.3 is 5.97 Å². The number of aliphatic carboxylic acids is 1.